The number of methoxy groups -OCH3 is 1. The van der Waals surface area contributed by atoms with Gasteiger partial charge < -0.3 is 10.1 Å². The highest BCUT2D eigenvalue weighted by Gasteiger charge is 2.33. The molecule has 5 nitrogen and oxygen atoms in total. The predicted octanol–water partition coefficient (Wildman–Crippen LogP) is 0.669. The molecule has 16 heavy (non-hydrogen) atoms. The lowest BCUT2D eigenvalue weighted by Crippen LogP contribution is -2.45. The summed E-state index contributed by atoms with van der Waals surface area (Å²) >= 11 is 0. The Balaban J connectivity index is 4.85. The molecule has 0 aliphatic heterocycles. The van der Waals surface area contributed by atoms with Crippen LogP contribution in [0.3, 0.4) is 0 Å². The third kappa shape index (κ3) is 4.42. The van der Waals surface area contributed by atoms with Crippen LogP contribution in [0, 0.1) is 5.92 Å². The van der Waals surface area contributed by atoms with E-state index in [1.165, 1.54) is 21.0 Å². The first-order valence-electron chi connectivity index (χ1n) is 5.29. The van der Waals surface area contributed by atoms with Crippen molar-refractivity contribution in [2.75, 3.05) is 7.11 Å². The summed E-state index contributed by atoms with van der Waals surface area (Å²) in [4.78, 5) is 33.8. The Morgan fingerprint density at radius 3 is 2.12 bits per heavy atom. The van der Waals surface area contributed by atoms with Gasteiger partial charge >= 0.3 is 5.97 Å². The lowest BCUT2D eigenvalue weighted by molar-refractivity contribution is -0.150. The first-order valence-corrected chi connectivity index (χ1v) is 5.29. The van der Waals surface area contributed by atoms with E-state index in [0.29, 0.717) is 6.42 Å². The van der Waals surface area contributed by atoms with Crippen molar-refractivity contribution in [3.63, 3.8) is 0 Å². The normalized spacial score (nSPS) is 13.8. The van der Waals surface area contributed by atoms with Gasteiger partial charge in [-0.3, -0.25) is 14.4 Å². The van der Waals surface area contributed by atoms with E-state index in [9.17, 15) is 14.4 Å². The monoisotopic (exact) mass is 229 g/mol. The Morgan fingerprint density at radius 1 is 1.25 bits per heavy atom. The second kappa shape index (κ2) is 6.98. The SMILES string of the molecule is CCCC(NC(C)=O)C(C(C)=O)C(=O)OC. The van der Waals surface area contributed by atoms with Crippen molar-refractivity contribution in [2.24, 2.45) is 5.92 Å². The van der Waals surface area contributed by atoms with Crippen LogP contribution in [0.4, 0.5) is 0 Å². The summed E-state index contributed by atoms with van der Waals surface area (Å²) in [5.41, 5.74) is 0. The van der Waals surface area contributed by atoms with Gasteiger partial charge in [-0.25, -0.2) is 0 Å². The molecule has 2 unspecified atom stereocenters. The number of esters is 1. The number of amides is 1. The van der Waals surface area contributed by atoms with Crippen molar-refractivity contribution in [1.82, 2.24) is 5.32 Å². The number of Topliss-reactive ketones (excluding diaryl/α,β-unsaturated/α-hetero) is 1. The summed E-state index contributed by atoms with van der Waals surface area (Å²) in [5, 5.41) is 2.62. The molecule has 0 saturated heterocycles. The highest BCUT2D eigenvalue weighted by atomic mass is 16.5. The van der Waals surface area contributed by atoms with E-state index < -0.39 is 17.9 Å². The minimum atomic E-state index is -0.908. The molecule has 0 heterocycles. The Morgan fingerprint density at radius 2 is 1.81 bits per heavy atom. The van der Waals surface area contributed by atoms with Gasteiger partial charge in [0.2, 0.25) is 5.91 Å². The molecule has 0 aliphatic rings. The predicted molar refractivity (Wildman–Crippen MR) is 58.7 cm³/mol. The number of rotatable bonds is 6. The maximum atomic E-state index is 11.5. The molecule has 0 spiro atoms. The zero-order chi connectivity index (χ0) is 12.7. The van der Waals surface area contributed by atoms with Crippen LogP contribution < -0.4 is 5.32 Å². The van der Waals surface area contributed by atoms with Crippen LogP contribution in [-0.4, -0.2) is 30.8 Å². The number of nitrogens with one attached hydrogen (secondary N) is 1. The zero-order valence-electron chi connectivity index (χ0n) is 10.2. The van der Waals surface area contributed by atoms with Gasteiger partial charge in [0.05, 0.1) is 7.11 Å². The number of carbonyl (C=O) groups excluding carboxylic acids is 3. The summed E-state index contributed by atoms with van der Waals surface area (Å²) in [6.45, 7) is 4.60. The smallest absolute Gasteiger partial charge is 0.318 e. The first-order chi connectivity index (χ1) is 7.43. The summed E-state index contributed by atoms with van der Waals surface area (Å²) in [6, 6.07) is -0.479. The van der Waals surface area contributed by atoms with E-state index in [2.05, 4.69) is 10.1 Å². The molecule has 1 N–H and O–H groups in total. The Kier molecular flexibility index (Phi) is 6.37. The molecule has 0 radical (unpaired) electrons. The topological polar surface area (TPSA) is 72.5 Å². The van der Waals surface area contributed by atoms with Crippen LogP contribution in [0.2, 0.25) is 0 Å². The molecule has 5 heteroatoms. The fourth-order valence-electron chi connectivity index (χ4n) is 1.63. The van der Waals surface area contributed by atoms with Crippen LogP contribution in [-0.2, 0) is 19.1 Å². The minimum absolute atomic E-state index is 0.256. The number of ketones is 1. The van der Waals surface area contributed by atoms with Gasteiger partial charge in [0.15, 0.2) is 0 Å². The lowest BCUT2D eigenvalue weighted by atomic mass is 9.92. The molecule has 0 aromatic heterocycles. The van der Waals surface area contributed by atoms with Crippen LogP contribution in [0.25, 0.3) is 0 Å². The maximum absolute atomic E-state index is 11.5. The average molecular weight is 229 g/mol. The van der Waals surface area contributed by atoms with E-state index >= 15 is 0 Å². The number of hydrogen-bond acceptors (Lipinski definition) is 4. The van der Waals surface area contributed by atoms with E-state index in [1.807, 2.05) is 6.92 Å². The number of hydrogen-bond donors (Lipinski definition) is 1. The van der Waals surface area contributed by atoms with Crippen LogP contribution in [0.5, 0.6) is 0 Å². The summed E-state index contributed by atoms with van der Waals surface area (Å²) in [6.07, 6.45) is 1.34. The van der Waals surface area contributed by atoms with Crippen molar-refractivity contribution in [3.8, 4) is 0 Å². The van der Waals surface area contributed by atoms with Crippen molar-refractivity contribution in [1.29, 1.82) is 0 Å². The quantitative estimate of drug-likeness (QED) is 0.536. The van der Waals surface area contributed by atoms with Gasteiger partial charge in [-0.2, -0.15) is 0 Å². The van der Waals surface area contributed by atoms with Crippen molar-refractivity contribution >= 4 is 17.7 Å². The Labute approximate surface area is 95.5 Å². The van der Waals surface area contributed by atoms with Gasteiger partial charge in [0, 0.05) is 13.0 Å². The first kappa shape index (κ1) is 14.6. The third-order valence-electron chi connectivity index (χ3n) is 2.28. The fraction of sp³-hybridized carbons (Fsp3) is 0.727. The molecule has 1 amide bonds. The molecule has 0 fully saturated rings. The third-order valence-corrected chi connectivity index (χ3v) is 2.28. The van der Waals surface area contributed by atoms with Gasteiger partial charge in [-0.15, -0.1) is 0 Å². The minimum Gasteiger partial charge on any atom is -0.468 e. The molecule has 0 rings (SSSR count). The molecule has 0 aromatic rings. The Bertz CT molecular complexity index is 275. The second-order valence-electron chi connectivity index (χ2n) is 3.71. The van der Waals surface area contributed by atoms with Crippen molar-refractivity contribution in [2.45, 2.75) is 39.7 Å². The zero-order valence-corrected chi connectivity index (χ0v) is 10.2. The van der Waals surface area contributed by atoms with Crippen LogP contribution in [0.1, 0.15) is 33.6 Å². The van der Waals surface area contributed by atoms with Crippen molar-refractivity contribution in [3.05, 3.63) is 0 Å². The van der Waals surface area contributed by atoms with Gasteiger partial charge in [0.25, 0.3) is 0 Å². The van der Waals surface area contributed by atoms with E-state index in [1.54, 1.807) is 0 Å². The molecule has 92 valence electrons. The van der Waals surface area contributed by atoms with Crippen LogP contribution >= 0.6 is 0 Å². The van der Waals surface area contributed by atoms with E-state index in [4.69, 9.17) is 0 Å². The molecule has 0 aromatic carbocycles. The van der Waals surface area contributed by atoms with E-state index in [-0.39, 0.29) is 11.7 Å². The van der Waals surface area contributed by atoms with Gasteiger partial charge in [-0.1, -0.05) is 13.3 Å². The molecule has 0 saturated carbocycles. The second-order valence-corrected chi connectivity index (χ2v) is 3.71. The van der Waals surface area contributed by atoms with Gasteiger partial charge in [0.1, 0.15) is 11.7 Å². The average Bonchev–Trinajstić information content (AvgIpc) is 2.16. The fourth-order valence-corrected chi connectivity index (χ4v) is 1.63. The molecule has 2 atom stereocenters. The molecule has 0 bridgehead atoms. The summed E-state index contributed by atoms with van der Waals surface area (Å²) in [5.74, 6) is -2.05. The van der Waals surface area contributed by atoms with Gasteiger partial charge in [-0.05, 0) is 13.3 Å². The molecular formula is C11H19NO4. The number of carbonyl (C=O) groups is 3. The summed E-state index contributed by atoms with van der Waals surface area (Å²) in [7, 11) is 1.23. The Hall–Kier alpha value is -1.39. The lowest BCUT2D eigenvalue weighted by Gasteiger charge is -2.23. The molecule has 0 aliphatic carbocycles. The largest absolute Gasteiger partial charge is 0.468 e. The standard InChI is InChI=1S/C11H19NO4/c1-5-6-9(12-8(3)14)10(7(2)13)11(15)16-4/h9-10H,5-6H2,1-4H3,(H,12,14). The maximum Gasteiger partial charge on any atom is 0.318 e. The summed E-state index contributed by atoms with van der Waals surface area (Å²) < 4.78 is 4.57. The van der Waals surface area contributed by atoms with Crippen LogP contribution in [0.15, 0.2) is 0 Å². The highest BCUT2D eigenvalue weighted by Crippen LogP contribution is 2.13. The van der Waals surface area contributed by atoms with Crippen molar-refractivity contribution < 1.29 is 19.1 Å². The van der Waals surface area contributed by atoms with E-state index in [0.717, 1.165) is 6.42 Å². The highest BCUT2D eigenvalue weighted by molar-refractivity contribution is 5.99. The number of ether oxygens (including phenoxy) is 1. The molecular weight excluding hydrogens is 210 g/mol.